The highest BCUT2D eigenvalue weighted by Crippen LogP contribution is 2.50. The van der Waals surface area contributed by atoms with Crippen molar-refractivity contribution in [1.82, 2.24) is 4.90 Å². The monoisotopic (exact) mass is 291 g/mol. The fourth-order valence-corrected chi connectivity index (χ4v) is 2.28. The van der Waals surface area contributed by atoms with E-state index in [1.165, 1.54) is 0 Å². The Hall–Kier alpha value is 0.510. The van der Waals surface area contributed by atoms with Gasteiger partial charge in [0.05, 0.1) is 0 Å². The van der Waals surface area contributed by atoms with E-state index < -0.39 is 7.48 Å². The van der Waals surface area contributed by atoms with E-state index in [9.17, 15) is 9.35 Å². The minimum absolute atomic E-state index is 0.136. The molecule has 0 aromatic rings. The van der Waals surface area contributed by atoms with Gasteiger partial charge in [0.15, 0.2) is 0 Å². The van der Waals surface area contributed by atoms with Crippen LogP contribution in [0.4, 0.5) is 4.79 Å². The Morgan fingerprint density at radius 1 is 1.55 bits per heavy atom. The molecule has 1 unspecified atom stereocenters. The van der Waals surface area contributed by atoms with E-state index in [2.05, 4.69) is 0 Å². The molecule has 68 valence electrons. The maximum atomic E-state index is 11.3. The zero-order valence-electron chi connectivity index (χ0n) is 7.00. The van der Waals surface area contributed by atoms with Gasteiger partial charge in [-0.15, -0.1) is 0 Å². The van der Waals surface area contributed by atoms with Crippen molar-refractivity contribution >= 4 is 33.9 Å². The van der Waals surface area contributed by atoms with Gasteiger partial charge in [-0.05, 0) is 21.3 Å². The Bertz CT molecular complexity index is 142. The molecule has 0 radical (unpaired) electrons. The normalized spacial score (nSPS) is 18.6. The topological polar surface area (TPSA) is 40.5 Å². The zero-order chi connectivity index (χ0) is 9.07. The molecule has 0 aliphatic heterocycles. The molecule has 0 bridgehead atoms. The SMILES string of the molecule is CCN(CC)C(=O)S(C)(O)I. The van der Waals surface area contributed by atoms with Gasteiger partial charge in [0.2, 0.25) is 0 Å². The van der Waals surface area contributed by atoms with Crippen LogP contribution in [0.2, 0.25) is 0 Å². The van der Waals surface area contributed by atoms with E-state index in [0.717, 1.165) is 0 Å². The van der Waals surface area contributed by atoms with Gasteiger partial charge in [-0.2, -0.15) is 0 Å². The lowest BCUT2D eigenvalue weighted by molar-refractivity contribution is 0.226. The first kappa shape index (κ1) is 11.5. The Kier molecular flexibility index (Phi) is 4.72. The standard InChI is InChI=1S/C6H14INO2S/c1-4-8(5-2)6(9)11(3,7)10/h10H,4-5H2,1-3H3. The Labute approximate surface area is 81.3 Å². The van der Waals surface area contributed by atoms with E-state index in [0.29, 0.717) is 13.1 Å². The summed E-state index contributed by atoms with van der Waals surface area (Å²) in [5.74, 6) is 0. The van der Waals surface area contributed by atoms with E-state index in [4.69, 9.17) is 0 Å². The number of hydrogen-bond acceptors (Lipinski definition) is 2. The molecule has 0 saturated heterocycles. The van der Waals surface area contributed by atoms with Crippen LogP contribution in [0.5, 0.6) is 0 Å². The summed E-state index contributed by atoms with van der Waals surface area (Å²) in [6.45, 7) is 5.15. The maximum absolute atomic E-state index is 11.3. The van der Waals surface area contributed by atoms with Crippen LogP contribution >= 0.6 is 28.7 Å². The first-order valence-electron chi connectivity index (χ1n) is 3.42. The van der Waals surface area contributed by atoms with Crippen molar-refractivity contribution in [2.45, 2.75) is 13.8 Å². The van der Waals surface area contributed by atoms with Crippen molar-refractivity contribution in [2.75, 3.05) is 19.3 Å². The summed E-state index contributed by atoms with van der Waals surface area (Å²) in [5.41, 5.74) is 0. The molecule has 0 heterocycles. The van der Waals surface area contributed by atoms with Crippen LogP contribution in [0.1, 0.15) is 13.8 Å². The van der Waals surface area contributed by atoms with E-state index in [1.54, 1.807) is 11.2 Å². The lowest BCUT2D eigenvalue weighted by Gasteiger charge is -2.27. The summed E-state index contributed by atoms with van der Waals surface area (Å²) in [7, 11) is -2.07. The van der Waals surface area contributed by atoms with Crippen molar-refractivity contribution in [3.63, 3.8) is 0 Å². The second-order valence-electron chi connectivity index (χ2n) is 2.22. The molecule has 1 atom stereocenters. The third kappa shape index (κ3) is 3.62. The predicted octanol–water partition coefficient (Wildman–Crippen LogP) is 2.71. The summed E-state index contributed by atoms with van der Waals surface area (Å²) in [4.78, 5) is 13.0. The fraction of sp³-hybridized carbons (Fsp3) is 0.833. The van der Waals surface area contributed by atoms with Gasteiger partial charge in [-0.3, -0.25) is 4.79 Å². The maximum Gasteiger partial charge on any atom is 0.295 e. The van der Waals surface area contributed by atoms with Crippen LogP contribution in [0.15, 0.2) is 0 Å². The second kappa shape index (κ2) is 4.51. The largest absolute Gasteiger partial charge is 0.334 e. The van der Waals surface area contributed by atoms with E-state index in [1.807, 2.05) is 35.1 Å². The summed E-state index contributed by atoms with van der Waals surface area (Å²) in [6, 6.07) is 0. The molecule has 0 aliphatic rings. The average Bonchev–Trinajstić information content (AvgIpc) is 1.88. The van der Waals surface area contributed by atoms with Gasteiger partial charge in [-0.25, -0.2) is 0 Å². The van der Waals surface area contributed by atoms with Crippen molar-refractivity contribution in [1.29, 1.82) is 0 Å². The van der Waals surface area contributed by atoms with Crippen LogP contribution in [-0.2, 0) is 0 Å². The van der Waals surface area contributed by atoms with Crippen molar-refractivity contribution < 1.29 is 9.35 Å². The highest BCUT2D eigenvalue weighted by atomic mass is 127. The molecule has 0 aliphatic carbocycles. The molecular weight excluding hydrogens is 277 g/mol. The lowest BCUT2D eigenvalue weighted by Crippen LogP contribution is -2.30. The third-order valence-electron chi connectivity index (χ3n) is 1.34. The zero-order valence-corrected chi connectivity index (χ0v) is 9.98. The minimum Gasteiger partial charge on any atom is -0.334 e. The van der Waals surface area contributed by atoms with Crippen LogP contribution in [0.3, 0.4) is 0 Å². The van der Waals surface area contributed by atoms with Crippen molar-refractivity contribution in [3.8, 4) is 0 Å². The summed E-state index contributed by atoms with van der Waals surface area (Å²) in [6.07, 6.45) is 1.58. The van der Waals surface area contributed by atoms with E-state index >= 15 is 0 Å². The van der Waals surface area contributed by atoms with Gasteiger partial charge >= 0.3 is 0 Å². The van der Waals surface area contributed by atoms with Gasteiger partial charge in [0, 0.05) is 40.6 Å². The molecule has 0 aromatic heterocycles. The quantitative estimate of drug-likeness (QED) is 0.795. The predicted molar refractivity (Wildman–Crippen MR) is 58.5 cm³/mol. The first-order chi connectivity index (χ1) is 4.93. The molecule has 3 nitrogen and oxygen atoms in total. The summed E-state index contributed by atoms with van der Waals surface area (Å²) >= 11 is 1.81. The molecule has 11 heavy (non-hydrogen) atoms. The Morgan fingerprint density at radius 3 is 2.00 bits per heavy atom. The highest BCUT2D eigenvalue weighted by molar-refractivity contribution is 14.2. The average molecular weight is 291 g/mol. The molecule has 0 saturated carbocycles. The molecule has 0 fully saturated rings. The number of carbonyl (C=O) groups excluding carboxylic acids is 1. The Balaban J connectivity index is 4.22. The van der Waals surface area contributed by atoms with Crippen molar-refractivity contribution in [2.24, 2.45) is 0 Å². The van der Waals surface area contributed by atoms with Crippen LogP contribution < -0.4 is 0 Å². The first-order valence-corrected chi connectivity index (χ1v) is 7.96. The Morgan fingerprint density at radius 2 is 1.91 bits per heavy atom. The molecule has 1 N–H and O–H groups in total. The summed E-state index contributed by atoms with van der Waals surface area (Å²) < 4.78 is 9.40. The van der Waals surface area contributed by atoms with Gasteiger partial charge in [0.25, 0.3) is 5.24 Å². The number of amides is 1. The number of nitrogens with zero attached hydrogens (tertiary/aromatic N) is 1. The van der Waals surface area contributed by atoms with Crippen LogP contribution in [0, 0.1) is 0 Å². The molecule has 0 rings (SSSR count). The number of rotatable bonds is 2. The molecule has 5 heteroatoms. The molecule has 1 amide bonds. The second-order valence-corrected chi connectivity index (χ2v) is 9.27. The fourth-order valence-electron chi connectivity index (χ4n) is 0.717. The smallest absolute Gasteiger partial charge is 0.295 e. The number of hydrogen-bond donors (Lipinski definition) is 1. The van der Waals surface area contributed by atoms with Gasteiger partial charge in [0.1, 0.15) is 0 Å². The lowest BCUT2D eigenvalue weighted by atomic mass is 10.6. The number of halogens is 1. The minimum atomic E-state index is -2.07. The van der Waals surface area contributed by atoms with Gasteiger partial charge in [-0.1, -0.05) is 0 Å². The molecule has 0 aromatic carbocycles. The van der Waals surface area contributed by atoms with Crippen molar-refractivity contribution in [3.05, 3.63) is 0 Å². The molecular formula is C6H14INO2S. The number of carbonyl (C=O) groups is 1. The van der Waals surface area contributed by atoms with E-state index in [-0.39, 0.29) is 5.24 Å². The van der Waals surface area contributed by atoms with Gasteiger partial charge < -0.3 is 9.45 Å². The van der Waals surface area contributed by atoms with Crippen LogP contribution in [-0.4, -0.2) is 34.0 Å². The third-order valence-corrected chi connectivity index (χ3v) is 3.37. The highest BCUT2D eigenvalue weighted by Gasteiger charge is 2.24. The molecule has 0 spiro atoms. The van der Waals surface area contributed by atoms with Crippen LogP contribution in [0.25, 0.3) is 0 Å². The summed E-state index contributed by atoms with van der Waals surface area (Å²) in [5, 5.41) is -0.136.